The molecule has 3 nitrogen and oxygen atoms in total. The molecule has 5 heteroatoms. The van der Waals surface area contributed by atoms with Crippen LogP contribution in [0.4, 0.5) is 0 Å². The fraction of sp³-hybridized carbons (Fsp3) is 0.500. The lowest BCUT2D eigenvalue weighted by atomic mass is 10.5. The molecule has 0 atom stereocenters. The van der Waals surface area contributed by atoms with Crippen molar-refractivity contribution in [1.82, 2.24) is 0 Å². The zero-order valence-corrected chi connectivity index (χ0v) is 7.75. The Morgan fingerprint density at radius 2 is 2.18 bits per heavy atom. The van der Waals surface area contributed by atoms with Crippen LogP contribution < -0.4 is 5.73 Å². The van der Waals surface area contributed by atoms with Crippen LogP contribution in [-0.4, -0.2) is 24.9 Å². The molecule has 64 valence electrons. The van der Waals surface area contributed by atoms with Crippen molar-refractivity contribution in [2.75, 3.05) is 11.5 Å². The number of hydrogen-bond acceptors (Lipinski definition) is 3. The van der Waals surface area contributed by atoms with Crippen molar-refractivity contribution in [3.8, 4) is 0 Å². The van der Waals surface area contributed by atoms with Crippen LogP contribution in [0.15, 0.2) is 12.7 Å². The first kappa shape index (κ1) is 10.6. The molecule has 0 saturated carbocycles. The predicted octanol–water partition coefficient (Wildman–Crippen LogP) is 0.263. The first-order valence-electron chi connectivity index (χ1n) is 3.07. The Morgan fingerprint density at radius 1 is 1.64 bits per heavy atom. The summed E-state index contributed by atoms with van der Waals surface area (Å²) in [6.07, 6.45) is 1.61. The van der Waals surface area contributed by atoms with E-state index in [0.717, 1.165) is 0 Å². The molecular formula is C6H11NO2S2. The molecule has 0 aromatic rings. The Morgan fingerprint density at radius 3 is 2.55 bits per heavy atom. The maximum atomic E-state index is 10.9. The van der Waals surface area contributed by atoms with Crippen molar-refractivity contribution >= 4 is 27.0 Å². The Balaban J connectivity index is 3.93. The molecule has 0 aliphatic heterocycles. The largest absolute Gasteiger partial charge is 0.393 e. The van der Waals surface area contributed by atoms with Crippen LogP contribution >= 0.6 is 12.2 Å². The third-order valence-corrected chi connectivity index (χ3v) is 2.81. The first-order chi connectivity index (χ1) is 4.98. The number of nitrogens with two attached hydrogens (primary N) is 1. The van der Waals surface area contributed by atoms with Gasteiger partial charge >= 0.3 is 0 Å². The average Bonchev–Trinajstić information content (AvgIpc) is 1.84. The van der Waals surface area contributed by atoms with Gasteiger partial charge < -0.3 is 5.73 Å². The Bertz CT molecular complexity index is 243. The highest BCUT2D eigenvalue weighted by molar-refractivity contribution is 7.91. The fourth-order valence-corrected chi connectivity index (χ4v) is 1.81. The standard InChI is InChI=1S/C6H11NO2S2/c1-2-4-11(8,9)5-3-6(7)10/h2H,1,3-5H2,(H2,7,10). The maximum Gasteiger partial charge on any atom is 0.154 e. The van der Waals surface area contributed by atoms with Crippen molar-refractivity contribution < 1.29 is 8.42 Å². The predicted molar refractivity (Wildman–Crippen MR) is 50.3 cm³/mol. The average molecular weight is 193 g/mol. The number of rotatable bonds is 5. The molecule has 0 aromatic heterocycles. The Labute approximate surface area is 72.2 Å². The summed E-state index contributed by atoms with van der Waals surface area (Å²) < 4.78 is 21.9. The van der Waals surface area contributed by atoms with Crippen molar-refractivity contribution in [1.29, 1.82) is 0 Å². The topological polar surface area (TPSA) is 60.2 Å². The van der Waals surface area contributed by atoms with Gasteiger partial charge in [0.05, 0.1) is 16.5 Å². The molecule has 0 amide bonds. The molecule has 0 rings (SSSR count). The van der Waals surface area contributed by atoms with E-state index in [4.69, 9.17) is 5.73 Å². The van der Waals surface area contributed by atoms with E-state index in [9.17, 15) is 8.42 Å². The van der Waals surface area contributed by atoms with Gasteiger partial charge in [-0.05, 0) is 0 Å². The second-order valence-electron chi connectivity index (χ2n) is 2.12. The highest BCUT2D eigenvalue weighted by atomic mass is 32.2. The molecule has 0 aromatic carbocycles. The number of thiocarbonyl (C=S) groups is 1. The van der Waals surface area contributed by atoms with Gasteiger partial charge in [0.1, 0.15) is 0 Å². The number of hydrogen-bond donors (Lipinski definition) is 1. The maximum absolute atomic E-state index is 10.9. The first-order valence-corrected chi connectivity index (χ1v) is 5.30. The van der Waals surface area contributed by atoms with Gasteiger partial charge in [-0.15, -0.1) is 6.58 Å². The molecule has 0 spiro atoms. The summed E-state index contributed by atoms with van der Waals surface area (Å²) in [6.45, 7) is 3.33. The van der Waals surface area contributed by atoms with Gasteiger partial charge in [0.25, 0.3) is 0 Å². The molecule has 0 fully saturated rings. The molecule has 0 saturated heterocycles. The summed E-state index contributed by atoms with van der Waals surface area (Å²) in [5, 5.41) is 0. The lowest BCUT2D eigenvalue weighted by Crippen LogP contribution is -2.16. The molecule has 2 N–H and O–H groups in total. The Kier molecular flexibility index (Phi) is 4.29. The van der Waals surface area contributed by atoms with Crippen molar-refractivity contribution in [3.63, 3.8) is 0 Å². The minimum absolute atomic E-state index is 0.00435. The fourth-order valence-electron chi connectivity index (χ4n) is 0.519. The van der Waals surface area contributed by atoms with Gasteiger partial charge in [0.15, 0.2) is 9.84 Å². The minimum atomic E-state index is -3.01. The third kappa shape index (κ3) is 6.00. The third-order valence-electron chi connectivity index (χ3n) is 1.03. The SMILES string of the molecule is C=CCS(=O)(=O)CCC(N)=S. The van der Waals surface area contributed by atoms with Crippen LogP contribution in [0.1, 0.15) is 6.42 Å². The molecule has 0 aliphatic rings. The Hall–Kier alpha value is -0.420. The van der Waals surface area contributed by atoms with Gasteiger partial charge in [-0.1, -0.05) is 18.3 Å². The molecule has 0 unspecified atom stereocenters. The van der Waals surface area contributed by atoms with Gasteiger partial charge in [0.2, 0.25) is 0 Å². The smallest absolute Gasteiger partial charge is 0.154 e. The summed E-state index contributed by atoms with van der Waals surface area (Å²) >= 11 is 4.54. The number of sulfone groups is 1. The zero-order chi connectivity index (χ0) is 8.91. The van der Waals surface area contributed by atoms with Gasteiger partial charge in [-0.2, -0.15) is 0 Å². The summed E-state index contributed by atoms with van der Waals surface area (Å²) in [4.78, 5) is 0.234. The van der Waals surface area contributed by atoms with Gasteiger partial charge in [-0.3, -0.25) is 0 Å². The van der Waals surface area contributed by atoms with E-state index < -0.39 is 9.84 Å². The van der Waals surface area contributed by atoms with Gasteiger partial charge in [0, 0.05) is 6.42 Å². The summed E-state index contributed by atoms with van der Waals surface area (Å²) in [5.74, 6) is 0.0178. The lowest BCUT2D eigenvalue weighted by Gasteiger charge is -1.98. The highest BCUT2D eigenvalue weighted by Crippen LogP contribution is 1.94. The van der Waals surface area contributed by atoms with Crippen LogP contribution in [0.25, 0.3) is 0 Å². The van der Waals surface area contributed by atoms with Crippen LogP contribution in [0, 0.1) is 0 Å². The molecule has 0 radical (unpaired) electrons. The monoisotopic (exact) mass is 193 g/mol. The minimum Gasteiger partial charge on any atom is -0.393 e. The molecule has 0 aliphatic carbocycles. The van der Waals surface area contributed by atoms with E-state index in [-0.39, 0.29) is 22.9 Å². The molecular weight excluding hydrogens is 182 g/mol. The van der Waals surface area contributed by atoms with Crippen LogP contribution in [-0.2, 0) is 9.84 Å². The van der Waals surface area contributed by atoms with E-state index in [2.05, 4.69) is 18.8 Å². The summed E-state index contributed by atoms with van der Waals surface area (Å²) in [7, 11) is -3.01. The van der Waals surface area contributed by atoms with Crippen LogP contribution in [0.3, 0.4) is 0 Å². The second kappa shape index (κ2) is 4.46. The van der Waals surface area contributed by atoms with E-state index in [0.29, 0.717) is 0 Å². The normalized spacial score (nSPS) is 10.9. The quantitative estimate of drug-likeness (QED) is 0.503. The molecule has 11 heavy (non-hydrogen) atoms. The molecule has 0 heterocycles. The van der Waals surface area contributed by atoms with E-state index >= 15 is 0 Å². The highest BCUT2D eigenvalue weighted by Gasteiger charge is 2.07. The zero-order valence-electron chi connectivity index (χ0n) is 6.12. The lowest BCUT2D eigenvalue weighted by molar-refractivity contribution is 0.599. The second-order valence-corrected chi connectivity index (χ2v) is 4.87. The van der Waals surface area contributed by atoms with E-state index in [1.165, 1.54) is 6.08 Å². The van der Waals surface area contributed by atoms with Crippen LogP contribution in [0.2, 0.25) is 0 Å². The van der Waals surface area contributed by atoms with Crippen molar-refractivity contribution in [3.05, 3.63) is 12.7 Å². The summed E-state index contributed by atoms with van der Waals surface area (Å²) in [5.41, 5.74) is 5.14. The van der Waals surface area contributed by atoms with Crippen LogP contribution in [0.5, 0.6) is 0 Å². The molecule has 0 bridgehead atoms. The summed E-state index contributed by atoms with van der Waals surface area (Å²) in [6, 6.07) is 0. The van der Waals surface area contributed by atoms with E-state index in [1.807, 2.05) is 0 Å². The van der Waals surface area contributed by atoms with Crippen molar-refractivity contribution in [2.45, 2.75) is 6.42 Å². The van der Waals surface area contributed by atoms with E-state index in [1.54, 1.807) is 0 Å². The van der Waals surface area contributed by atoms with Gasteiger partial charge in [-0.25, -0.2) is 8.42 Å². The van der Waals surface area contributed by atoms with Crippen molar-refractivity contribution in [2.24, 2.45) is 5.73 Å².